The van der Waals surface area contributed by atoms with E-state index in [2.05, 4.69) is 10.0 Å². The quantitative estimate of drug-likeness (QED) is 0.762. The van der Waals surface area contributed by atoms with Crippen LogP contribution in [0.4, 0.5) is 0 Å². The molecule has 0 spiro atoms. The predicted molar refractivity (Wildman–Crippen MR) is 92.9 cm³/mol. The van der Waals surface area contributed by atoms with E-state index in [4.69, 9.17) is 0 Å². The molecule has 0 bridgehead atoms. The van der Waals surface area contributed by atoms with Crippen LogP contribution in [0.5, 0.6) is 0 Å². The molecule has 0 aliphatic carbocycles. The highest BCUT2D eigenvalue weighted by atomic mass is 35.5. The summed E-state index contributed by atoms with van der Waals surface area (Å²) in [4.78, 5) is 0.313. The van der Waals surface area contributed by atoms with Crippen LogP contribution < -0.4 is 10.0 Å². The monoisotopic (exact) mass is 340 g/mol. The number of sulfonamides is 1. The van der Waals surface area contributed by atoms with Crippen LogP contribution in [0.25, 0.3) is 11.1 Å². The van der Waals surface area contributed by atoms with Crippen molar-refractivity contribution in [1.82, 2.24) is 10.0 Å². The maximum Gasteiger partial charge on any atom is 0.241 e. The normalized spacial score (nSPS) is 11.0. The van der Waals surface area contributed by atoms with E-state index < -0.39 is 10.0 Å². The Morgan fingerprint density at radius 1 is 0.909 bits per heavy atom. The molecule has 0 saturated carbocycles. The van der Waals surface area contributed by atoms with Gasteiger partial charge in [-0.1, -0.05) is 55.5 Å². The Bertz CT molecular complexity index is 676. The molecular weight excluding hydrogens is 320 g/mol. The maximum atomic E-state index is 12.5. The molecule has 2 aromatic carbocycles. The van der Waals surface area contributed by atoms with Gasteiger partial charge in [0.1, 0.15) is 0 Å². The summed E-state index contributed by atoms with van der Waals surface area (Å²) in [6, 6.07) is 16.6. The summed E-state index contributed by atoms with van der Waals surface area (Å²) >= 11 is 0. The van der Waals surface area contributed by atoms with Gasteiger partial charge < -0.3 is 5.32 Å². The standard InChI is InChI=1S/C16H20N2O2S.ClH/c1-2-17-12-13-18-21(19,20)16-11-7-6-10-15(16)14-8-4-3-5-9-14;/h3-11,17-18H,2,12-13H2,1H3;1H. The van der Waals surface area contributed by atoms with E-state index in [1.165, 1.54) is 0 Å². The fourth-order valence-electron chi connectivity index (χ4n) is 2.09. The third-order valence-corrected chi connectivity index (χ3v) is 4.62. The first-order valence-electron chi connectivity index (χ1n) is 7.00. The van der Waals surface area contributed by atoms with Gasteiger partial charge >= 0.3 is 0 Å². The second kappa shape index (κ2) is 8.90. The summed E-state index contributed by atoms with van der Waals surface area (Å²) in [5, 5.41) is 3.09. The summed E-state index contributed by atoms with van der Waals surface area (Å²) < 4.78 is 27.5. The van der Waals surface area contributed by atoms with Crippen molar-refractivity contribution in [2.24, 2.45) is 0 Å². The van der Waals surface area contributed by atoms with Gasteiger partial charge in [0.15, 0.2) is 0 Å². The molecule has 2 N–H and O–H groups in total. The van der Waals surface area contributed by atoms with E-state index in [1.54, 1.807) is 12.1 Å². The molecule has 0 atom stereocenters. The summed E-state index contributed by atoms with van der Waals surface area (Å²) in [6.45, 7) is 3.80. The third-order valence-electron chi connectivity index (χ3n) is 3.11. The van der Waals surface area contributed by atoms with Gasteiger partial charge in [-0.25, -0.2) is 13.1 Å². The van der Waals surface area contributed by atoms with Crippen LogP contribution in [-0.4, -0.2) is 28.1 Å². The number of benzene rings is 2. The Balaban J connectivity index is 0.00000242. The smallest absolute Gasteiger partial charge is 0.241 e. The van der Waals surface area contributed by atoms with Crippen LogP contribution in [0.3, 0.4) is 0 Å². The molecule has 0 heterocycles. The van der Waals surface area contributed by atoms with Gasteiger partial charge in [0.25, 0.3) is 0 Å². The van der Waals surface area contributed by atoms with Crippen LogP contribution in [0.2, 0.25) is 0 Å². The molecule has 0 aromatic heterocycles. The lowest BCUT2D eigenvalue weighted by Crippen LogP contribution is -2.32. The summed E-state index contributed by atoms with van der Waals surface area (Å²) in [6.07, 6.45) is 0. The fourth-order valence-corrected chi connectivity index (χ4v) is 3.34. The van der Waals surface area contributed by atoms with Gasteiger partial charge in [-0.15, -0.1) is 12.4 Å². The van der Waals surface area contributed by atoms with Gasteiger partial charge in [0, 0.05) is 18.7 Å². The zero-order chi connectivity index (χ0) is 15.1. The van der Waals surface area contributed by atoms with E-state index in [-0.39, 0.29) is 12.4 Å². The van der Waals surface area contributed by atoms with Gasteiger partial charge in [0.05, 0.1) is 4.90 Å². The first kappa shape index (κ1) is 18.6. The average Bonchev–Trinajstić information content (AvgIpc) is 2.52. The lowest BCUT2D eigenvalue weighted by molar-refractivity contribution is 0.577. The highest BCUT2D eigenvalue weighted by Gasteiger charge is 2.18. The first-order chi connectivity index (χ1) is 10.1. The van der Waals surface area contributed by atoms with Crippen molar-refractivity contribution in [3.8, 4) is 11.1 Å². The maximum absolute atomic E-state index is 12.5. The Morgan fingerprint density at radius 2 is 1.55 bits per heavy atom. The largest absolute Gasteiger partial charge is 0.316 e. The number of hydrogen-bond acceptors (Lipinski definition) is 3. The minimum atomic E-state index is -3.51. The minimum absolute atomic E-state index is 0. The molecule has 0 unspecified atom stereocenters. The van der Waals surface area contributed by atoms with Gasteiger partial charge in [-0.3, -0.25) is 0 Å². The zero-order valence-electron chi connectivity index (χ0n) is 12.5. The summed E-state index contributed by atoms with van der Waals surface area (Å²) in [7, 11) is -3.51. The molecule has 0 radical (unpaired) electrons. The van der Waals surface area contributed by atoms with E-state index in [0.29, 0.717) is 23.5 Å². The molecule has 0 aliphatic rings. The molecule has 120 valence electrons. The molecule has 0 saturated heterocycles. The van der Waals surface area contributed by atoms with Crippen LogP contribution in [-0.2, 0) is 10.0 Å². The van der Waals surface area contributed by atoms with E-state index >= 15 is 0 Å². The molecule has 6 heteroatoms. The highest BCUT2D eigenvalue weighted by molar-refractivity contribution is 7.89. The van der Waals surface area contributed by atoms with Gasteiger partial charge in [0.2, 0.25) is 10.0 Å². The van der Waals surface area contributed by atoms with E-state index in [1.807, 2.05) is 49.4 Å². The van der Waals surface area contributed by atoms with E-state index in [0.717, 1.165) is 12.1 Å². The molecule has 0 aliphatic heterocycles. The van der Waals surface area contributed by atoms with Crippen molar-refractivity contribution in [1.29, 1.82) is 0 Å². The second-order valence-corrected chi connectivity index (χ2v) is 6.35. The number of nitrogens with one attached hydrogen (secondary N) is 2. The number of likely N-dealkylation sites (N-methyl/N-ethyl adjacent to an activating group) is 1. The number of halogens is 1. The van der Waals surface area contributed by atoms with E-state index in [9.17, 15) is 8.42 Å². The molecule has 22 heavy (non-hydrogen) atoms. The Kier molecular flexibility index (Phi) is 7.55. The van der Waals surface area contributed by atoms with Gasteiger partial charge in [-0.2, -0.15) is 0 Å². The predicted octanol–water partition coefficient (Wildman–Crippen LogP) is 2.66. The number of rotatable bonds is 7. The summed E-state index contributed by atoms with van der Waals surface area (Å²) in [5.74, 6) is 0. The second-order valence-electron chi connectivity index (χ2n) is 4.61. The minimum Gasteiger partial charge on any atom is -0.316 e. The first-order valence-corrected chi connectivity index (χ1v) is 8.48. The average molecular weight is 341 g/mol. The van der Waals surface area contributed by atoms with Crippen LogP contribution >= 0.6 is 12.4 Å². The topological polar surface area (TPSA) is 58.2 Å². The third kappa shape index (κ3) is 4.81. The Hall–Kier alpha value is -1.40. The zero-order valence-corrected chi connectivity index (χ0v) is 14.1. The molecule has 0 amide bonds. The van der Waals surface area contributed by atoms with Crippen molar-refractivity contribution in [2.45, 2.75) is 11.8 Å². The lowest BCUT2D eigenvalue weighted by atomic mass is 10.1. The summed E-state index contributed by atoms with van der Waals surface area (Å²) in [5.41, 5.74) is 1.61. The lowest BCUT2D eigenvalue weighted by Gasteiger charge is -2.12. The fraction of sp³-hybridized carbons (Fsp3) is 0.250. The van der Waals surface area contributed by atoms with Crippen LogP contribution in [0.1, 0.15) is 6.92 Å². The molecular formula is C16H21ClN2O2S. The molecule has 4 nitrogen and oxygen atoms in total. The Morgan fingerprint density at radius 3 is 2.23 bits per heavy atom. The highest BCUT2D eigenvalue weighted by Crippen LogP contribution is 2.26. The number of hydrogen-bond donors (Lipinski definition) is 2. The molecule has 2 rings (SSSR count). The van der Waals surface area contributed by atoms with Crippen molar-refractivity contribution in [2.75, 3.05) is 19.6 Å². The SMILES string of the molecule is CCNCCNS(=O)(=O)c1ccccc1-c1ccccc1.Cl. The Labute approximate surface area is 138 Å². The molecule has 2 aromatic rings. The van der Waals surface area contributed by atoms with Crippen LogP contribution in [0, 0.1) is 0 Å². The molecule has 0 fully saturated rings. The van der Waals surface area contributed by atoms with Crippen molar-refractivity contribution in [3.63, 3.8) is 0 Å². The van der Waals surface area contributed by atoms with Crippen molar-refractivity contribution < 1.29 is 8.42 Å². The van der Waals surface area contributed by atoms with Crippen LogP contribution in [0.15, 0.2) is 59.5 Å². The van der Waals surface area contributed by atoms with Crippen molar-refractivity contribution in [3.05, 3.63) is 54.6 Å². The van der Waals surface area contributed by atoms with Gasteiger partial charge in [-0.05, 0) is 18.2 Å². The van der Waals surface area contributed by atoms with Crippen molar-refractivity contribution >= 4 is 22.4 Å².